The van der Waals surface area contributed by atoms with Crippen LogP contribution >= 0.6 is 0 Å². The molecule has 0 radical (unpaired) electrons. The van der Waals surface area contributed by atoms with Gasteiger partial charge in [-0.3, -0.25) is 9.59 Å². The first-order chi connectivity index (χ1) is 45.2. The van der Waals surface area contributed by atoms with E-state index in [1.165, 1.54) is 270 Å². The summed E-state index contributed by atoms with van der Waals surface area (Å²) in [4.78, 5) is 25.2. The molecule has 0 aromatic carbocycles. The summed E-state index contributed by atoms with van der Waals surface area (Å²) in [6.07, 6.45) is 84.9. The van der Waals surface area contributed by atoms with Crippen molar-refractivity contribution >= 4 is 11.9 Å². The van der Waals surface area contributed by atoms with Crippen molar-refractivity contribution in [2.24, 2.45) is 0 Å². The highest BCUT2D eigenvalue weighted by molar-refractivity contribution is 5.76. The van der Waals surface area contributed by atoms with Crippen LogP contribution < -0.4 is 5.32 Å². The van der Waals surface area contributed by atoms with Crippen molar-refractivity contribution in [2.75, 3.05) is 19.8 Å². The lowest BCUT2D eigenvalue weighted by molar-refractivity contribution is -0.302. The van der Waals surface area contributed by atoms with Crippen molar-refractivity contribution in [3.05, 3.63) is 72.9 Å². The molecule has 1 saturated heterocycles. The Morgan fingerprint density at radius 2 is 0.750 bits per heavy atom. The van der Waals surface area contributed by atoms with E-state index < -0.39 is 49.5 Å². The van der Waals surface area contributed by atoms with Crippen LogP contribution in [0.2, 0.25) is 0 Å². The first-order valence-corrected chi connectivity index (χ1v) is 39.2. The predicted molar refractivity (Wildman–Crippen MR) is 389 cm³/mol. The fourth-order valence-electron chi connectivity index (χ4n) is 12.1. The largest absolute Gasteiger partial charge is 0.466 e. The zero-order valence-corrected chi connectivity index (χ0v) is 59.8. The van der Waals surface area contributed by atoms with E-state index >= 15 is 0 Å². The van der Waals surface area contributed by atoms with Gasteiger partial charge in [-0.25, -0.2) is 0 Å². The number of carbonyl (C=O) groups excluding carboxylic acids is 2. The third-order valence-corrected chi connectivity index (χ3v) is 18.3. The third-order valence-electron chi connectivity index (χ3n) is 18.3. The van der Waals surface area contributed by atoms with E-state index in [9.17, 15) is 35.1 Å². The fraction of sp³-hybridized carbons (Fsp3) is 0.827. The van der Waals surface area contributed by atoms with Crippen LogP contribution in [0.4, 0.5) is 0 Å². The Morgan fingerprint density at radius 3 is 1.17 bits per heavy atom. The number of ether oxygens (including phenoxy) is 3. The van der Waals surface area contributed by atoms with Gasteiger partial charge in [0.25, 0.3) is 0 Å². The van der Waals surface area contributed by atoms with Gasteiger partial charge in [0.2, 0.25) is 5.91 Å². The molecule has 0 aromatic rings. The van der Waals surface area contributed by atoms with Gasteiger partial charge in [0, 0.05) is 12.8 Å². The van der Waals surface area contributed by atoms with Crippen LogP contribution in [-0.4, -0.2) is 100 Å². The second kappa shape index (κ2) is 69.5. The van der Waals surface area contributed by atoms with Crippen LogP contribution in [0.3, 0.4) is 0 Å². The zero-order valence-electron chi connectivity index (χ0n) is 59.8. The maximum absolute atomic E-state index is 13.1. The van der Waals surface area contributed by atoms with E-state index in [4.69, 9.17) is 14.2 Å². The van der Waals surface area contributed by atoms with Crippen LogP contribution in [0.5, 0.6) is 0 Å². The summed E-state index contributed by atoms with van der Waals surface area (Å²) in [7, 11) is 0. The average Bonchev–Trinajstić information content (AvgIpc) is 1.03. The number of allylic oxidation sites excluding steroid dienone is 11. The first kappa shape index (κ1) is 87.1. The molecule has 11 nitrogen and oxygen atoms in total. The minimum atomic E-state index is -1.58. The number of amides is 1. The molecule has 92 heavy (non-hydrogen) atoms. The van der Waals surface area contributed by atoms with Crippen LogP contribution in [0.1, 0.15) is 367 Å². The maximum atomic E-state index is 13.1. The lowest BCUT2D eigenvalue weighted by Gasteiger charge is -2.40. The number of rotatable bonds is 69. The minimum Gasteiger partial charge on any atom is -0.466 e. The number of esters is 1. The Hall–Kier alpha value is -2.90. The van der Waals surface area contributed by atoms with Gasteiger partial charge >= 0.3 is 5.97 Å². The molecular formula is C81H147NO10. The normalized spacial score (nSPS) is 17.9. The summed E-state index contributed by atoms with van der Waals surface area (Å²) >= 11 is 0. The molecule has 0 aromatic heterocycles. The van der Waals surface area contributed by atoms with Gasteiger partial charge in [0.15, 0.2) is 6.29 Å². The second-order valence-electron chi connectivity index (χ2n) is 27.0. The number of aliphatic hydroxyl groups is 5. The predicted octanol–water partition coefficient (Wildman–Crippen LogP) is 21.0. The lowest BCUT2D eigenvalue weighted by atomic mass is 9.99. The molecule has 1 heterocycles. The fourth-order valence-corrected chi connectivity index (χ4v) is 12.1. The van der Waals surface area contributed by atoms with Gasteiger partial charge in [0.05, 0.1) is 32.0 Å². The highest BCUT2D eigenvalue weighted by Gasteiger charge is 2.44. The minimum absolute atomic E-state index is 0.00495. The highest BCUT2D eigenvalue weighted by atomic mass is 16.7. The summed E-state index contributed by atoms with van der Waals surface area (Å²) in [5.41, 5.74) is 0. The van der Waals surface area contributed by atoms with E-state index in [2.05, 4.69) is 79.9 Å². The maximum Gasteiger partial charge on any atom is 0.305 e. The van der Waals surface area contributed by atoms with Crippen LogP contribution in [0, 0.1) is 0 Å². The number of carbonyl (C=O) groups is 2. The molecule has 7 unspecified atom stereocenters. The molecule has 1 aliphatic heterocycles. The quantitative estimate of drug-likeness (QED) is 0.0195. The van der Waals surface area contributed by atoms with Gasteiger partial charge in [-0.2, -0.15) is 0 Å². The Morgan fingerprint density at radius 1 is 0.402 bits per heavy atom. The number of nitrogens with one attached hydrogen (secondary N) is 1. The smallest absolute Gasteiger partial charge is 0.305 e. The highest BCUT2D eigenvalue weighted by Crippen LogP contribution is 2.23. The topological polar surface area (TPSA) is 175 Å². The third kappa shape index (κ3) is 57.4. The van der Waals surface area contributed by atoms with Gasteiger partial charge in [-0.1, -0.05) is 324 Å². The van der Waals surface area contributed by atoms with Crippen LogP contribution in [-0.2, 0) is 23.8 Å². The number of aliphatic hydroxyl groups excluding tert-OH is 5. The van der Waals surface area contributed by atoms with Gasteiger partial charge in [-0.05, 0) is 103 Å². The molecule has 6 N–H and O–H groups in total. The summed E-state index contributed by atoms with van der Waals surface area (Å²) in [5, 5.41) is 54.6. The SMILES string of the molecule is CCCC/C=C\C/C=C\CCCCCCCC(=O)OCCCCCCCCCCCCC/C=C\C/C=C\CCCCCCCCCCCCCCCCCCCC(=O)NC(COC1OC(CO)C(O)C(O)C1O)C(O)/C=C/CC/C=C/CCCCCCCCCCC. The zero-order chi connectivity index (χ0) is 66.5. The van der Waals surface area contributed by atoms with Gasteiger partial charge in [0.1, 0.15) is 24.4 Å². The molecule has 536 valence electrons. The first-order valence-electron chi connectivity index (χ1n) is 39.2. The van der Waals surface area contributed by atoms with Crippen molar-refractivity contribution in [1.82, 2.24) is 5.32 Å². The van der Waals surface area contributed by atoms with Crippen molar-refractivity contribution in [2.45, 2.75) is 410 Å². The molecule has 1 aliphatic rings. The molecule has 1 rings (SSSR count). The number of unbranched alkanes of at least 4 members (excludes halogenated alkanes) is 45. The lowest BCUT2D eigenvalue weighted by Crippen LogP contribution is -2.60. The Balaban J connectivity index is 1.95. The van der Waals surface area contributed by atoms with Crippen molar-refractivity contribution in [3.8, 4) is 0 Å². The molecule has 0 saturated carbocycles. The summed E-state index contributed by atoms with van der Waals surface area (Å²) in [6.45, 7) is 4.32. The monoisotopic (exact) mass is 1290 g/mol. The number of hydrogen-bond acceptors (Lipinski definition) is 10. The van der Waals surface area contributed by atoms with E-state index in [0.717, 1.165) is 70.6 Å². The Bertz CT molecular complexity index is 1760. The molecule has 0 bridgehead atoms. The van der Waals surface area contributed by atoms with Crippen molar-refractivity contribution < 1.29 is 49.3 Å². The molecule has 1 fully saturated rings. The molecule has 0 spiro atoms. The standard InChI is InChI=1S/C81H147NO10/c1-3-5-7-9-11-13-15-17-40-43-47-51-55-59-63-67-74(84)73(72-91-81-80(89)79(88)78(87)75(71-83)92-81)82-76(85)68-64-60-56-52-48-44-41-38-36-34-32-30-28-26-24-22-20-19-21-23-25-27-29-31-33-35-37-39-42-46-50-54-58-62-66-70-90-77(86)69-65-61-57-53-49-45-18-16-14-12-10-8-6-4-2/h10,12,16,18,21,23,27,29,47,51,63,67,73-75,78-81,83-84,87-89H,3-9,11,13-15,17,19-20,22,24-26,28,30-46,48-50,52-62,64-66,68-72H2,1-2H3,(H,82,85)/b12-10-,18-16-,23-21-,29-27-,51-47+,67-63+. The van der Waals surface area contributed by atoms with Crippen molar-refractivity contribution in [1.29, 1.82) is 0 Å². The van der Waals surface area contributed by atoms with E-state index in [0.29, 0.717) is 19.4 Å². The van der Waals surface area contributed by atoms with Crippen LogP contribution in [0.15, 0.2) is 72.9 Å². The van der Waals surface area contributed by atoms with E-state index in [-0.39, 0.29) is 18.5 Å². The Kier molecular flexibility index (Phi) is 65.8. The molecule has 7 atom stereocenters. The molecular weight excluding hydrogens is 1150 g/mol. The van der Waals surface area contributed by atoms with Crippen LogP contribution in [0.25, 0.3) is 0 Å². The summed E-state index contributed by atoms with van der Waals surface area (Å²) in [5.74, 6) is -0.193. The second-order valence-corrected chi connectivity index (χ2v) is 27.0. The van der Waals surface area contributed by atoms with Crippen molar-refractivity contribution in [3.63, 3.8) is 0 Å². The Labute approximate surface area is 566 Å². The molecule has 0 aliphatic carbocycles. The summed E-state index contributed by atoms with van der Waals surface area (Å²) < 4.78 is 16.8. The average molecular weight is 1300 g/mol. The summed E-state index contributed by atoms with van der Waals surface area (Å²) in [6, 6.07) is -0.828. The van der Waals surface area contributed by atoms with E-state index in [1.54, 1.807) is 6.08 Å². The van der Waals surface area contributed by atoms with Gasteiger partial charge < -0.3 is 45.1 Å². The molecule has 1 amide bonds. The number of hydrogen-bond donors (Lipinski definition) is 6. The van der Waals surface area contributed by atoms with E-state index in [1.807, 2.05) is 6.08 Å². The van der Waals surface area contributed by atoms with Gasteiger partial charge in [-0.15, -0.1) is 0 Å². The molecule has 11 heteroatoms.